The third-order valence-electron chi connectivity index (χ3n) is 11.5. The van der Waals surface area contributed by atoms with Gasteiger partial charge in [0.15, 0.2) is 0 Å². The minimum Gasteiger partial charge on any atom is -0.465 e. The molecule has 0 N–H and O–H groups in total. The van der Waals surface area contributed by atoms with Crippen molar-refractivity contribution in [2.75, 3.05) is 6.61 Å². The molecule has 0 amide bonds. The highest BCUT2D eigenvalue weighted by Gasteiger charge is 2.21. The molecule has 0 bridgehead atoms. The van der Waals surface area contributed by atoms with Gasteiger partial charge >= 0.3 is 5.97 Å². The molecule has 0 spiro atoms. The second kappa shape index (κ2) is 42.9. The van der Waals surface area contributed by atoms with E-state index in [0.29, 0.717) is 12.5 Å². The van der Waals surface area contributed by atoms with Gasteiger partial charge in [-0.3, -0.25) is 4.79 Å². The molecule has 0 aromatic rings. The summed E-state index contributed by atoms with van der Waals surface area (Å²) in [6, 6.07) is 0. The molecule has 0 saturated heterocycles. The Hall–Kier alpha value is -0.530. The molecule has 0 aliphatic rings. The van der Waals surface area contributed by atoms with Crippen LogP contribution in [-0.4, -0.2) is 12.6 Å². The van der Waals surface area contributed by atoms with Gasteiger partial charge in [0.1, 0.15) is 0 Å². The van der Waals surface area contributed by atoms with Gasteiger partial charge in [-0.2, -0.15) is 0 Å². The maximum Gasteiger partial charge on any atom is 0.308 e. The van der Waals surface area contributed by atoms with E-state index in [0.717, 1.165) is 12.8 Å². The minimum atomic E-state index is 0.131. The molecule has 0 rings (SSSR count). The van der Waals surface area contributed by atoms with Crippen molar-refractivity contribution in [3.63, 3.8) is 0 Å². The molecule has 0 radical (unpaired) electrons. The van der Waals surface area contributed by atoms with Gasteiger partial charge in [0.25, 0.3) is 0 Å². The molecule has 2 nitrogen and oxygen atoms in total. The van der Waals surface area contributed by atoms with Crippen LogP contribution in [0.5, 0.6) is 0 Å². The Morgan fingerprint density at radius 3 is 0.820 bits per heavy atom. The van der Waals surface area contributed by atoms with Gasteiger partial charge < -0.3 is 4.74 Å². The maximum atomic E-state index is 13.4. The summed E-state index contributed by atoms with van der Waals surface area (Å²) in [6.07, 6.45) is 54.0. The van der Waals surface area contributed by atoms with Crippen LogP contribution in [0.2, 0.25) is 0 Å². The third-order valence-corrected chi connectivity index (χ3v) is 11.5. The average molecular weight is 705 g/mol. The average Bonchev–Trinajstić information content (AvgIpc) is 3.12. The Morgan fingerprint density at radius 1 is 0.320 bits per heavy atom. The fourth-order valence-electron chi connectivity index (χ4n) is 7.90. The normalized spacial score (nSPS) is 12.8. The molecule has 2 atom stereocenters. The van der Waals surface area contributed by atoms with Crippen LogP contribution in [0, 0.1) is 11.8 Å². The third kappa shape index (κ3) is 37.2. The fourth-order valence-corrected chi connectivity index (χ4v) is 7.90. The van der Waals surface area contributed by atoms with Crippen molar-refractivity contribution in [3.8, 4) is 0 Å². The summed E-state index contributed by atoms with van der Waals surface area (Å²) < 4.78 is 6.21. The van der Waals surface area contributed by atoms with E-state index in [1.165, 1.54) is 244 Å². The van der Waals surface area contributed by atoms with Crippen LogP contribution in [-0.2, 0) is 9.53 Å². The van der Waals surface area contributed by atoms with Gasteiger partial charge in [0, 0.05) is 0 Å². The lowest BCUT2D eigenvalue weighted by atomic mass is 9.93. The number of ether oxygens (including phenoxy) is 1. The van der Waals surface area contributed by atoms with Crippen LogP contribution < -0.4 is 0 Å². The zero-order valence-electron chi connectivity index (χ0n) is 35.5. The molecule has 0 heterocycles. The summed E-state index contributed by atoms with van der Waals surface area (Å²) in [7, 11) is 0. The van der Waals surface area contributed by atoms with E-state index in [4.69, 9.17) is 4.74 Å². The molecule has 300 valence electrons. The van der Waals surface area contributed by atoms with E-state index in [1.807, 2.05) is 0 Å². The van der Waals surface area contributed by atoms with Crippen LogP contribution >= 0.6 is 0 Å². The molecule has 0 aromatic carbocycles. The van der Waals surface area contributed by atoms with E-state index >= 15 is 0 Å². The van der Waals surface area contributed by atoms with Crippen molar-refractivity contribution in [2.24, 2.45) is 11.8 Å². The Morgan fingerprint density at radius 2 is 0.540 bits per heavy atom. The number of esters is 1. The van der Waals surface area contributed by atoms with Crippen LogP contribution in [0.1, 0.15) is 285 Å². The summed E-state index contributed by atoms with van der Waals surface area (Å²) in [4.78, 5) is 13.4. The second-order valence-corrected chi connectivity index (χ2v) is 16.7. The van der Waals surface area contributed by atoms with E-state index in [9.17, 15) is 4.79 Å². The Bertz CT molecular complexity index is 630. The van der Waals surface area contributed by atoms with Crippen molar-refractivity contribution in [2.45, 2.75) is 285 Å². The first-order valence-corrected chi connectivity index (χ1v) is 23.9. The lowest BCUT2D eigenvalue weighted by molar-refractivity contribution is -0.150. The summed E-state index contributed by atoms with van der Waals surface area (Å²) in [5.41, 5.74) is 0. The van der Waals surface area contributed by atoms with Crippen LogP contribution in [0.3, 0.4) is 0 Å². The zero-order chi connectivity index (χ0) is 36.4. The van der Waals surface area contributed by atoms with Crippen molar-refractivity contribution < 1.29 is 9.53 Å². The number of hydrogen-bond acceptors (Lipinski definition) is 2. The van der Waals surface area contributed by atoms with Gasteiger partial charge in [0.05, 0.1) is 12.5 Å². The largest absolute Gasteiger partial charge is 0.465 e. The highest BCUT2D eigenvalue weighted by molar-refractivity contribution is 5.72. The fraction of sp³-hybridized carbons (Fsp3) is 0.979. The molecular formula is C48H96O2. The predicted molar refractivity (Wildman–Crippen MR) is 225 cm³/mol. The number of rotatable bonds is 43. The first-order valence-electron chi connectivity index (χ1n) is 23.9. The molecule has 0 fully saturated rings. The first kappa shape index (κ1) is 49.5. The van der Waals surface area contributed by atoms with Gasteiger partial charge in [-0.15, -0.1) is 0 Å². The van der Waals surface area contributed by atoms with E-state index < -0.39 is 0 Å². The smallest absolute Gasteiger partial charge is 0.308 e. The van der Waals surface area contributed by atoms with Gasteiger partial charge in [0.2, 0.25) is 0 Å². The summed E-state index contributed by atoms with van der Waals surface area (Å²) >= 11 is 0. The van der Waals surface area contributed by atoms with Gasteiger partial charge in [-0.1, -0.05) is 259 Å². The summed E-state index contributed by atoms with van der Waals surface area (Å²) in [5, 5.41) is 0. The SMILES string of the molecule is CCCCCCCCCCCCCCCCC(CCCCCCCCCCCCCC)COC(=O)C(CCCCCC)CCCCCCCC. The molecule has 0 saturated carbocycles. The standard InChI is InChI=1S/C48H96O2/c1-5-9-13-17-20-22-24-26-27-29-31-33-35-38-42-46(41-37-34-32-30-28-25-23-21-18-14-10-6-2)45-50-48(49)47(43-39-16-12-8-4)44-40-36-19-15-11-7-3/h46-47H,5-45H2,1-4H3. The molecule has 0 aliphatic heterocycles. The first-order chi connectivity index (χ1) is 24.7. The zero-order valence-corrected chi connectivity index (χ0v) is 35.5. The summed E-state index contributed by atoms with van der Waals surface area (Å²) in [6.45, 7) is 9.85. The van der Waals surface area contributed by atoms with Crippen molar-refractivity contribution in [1.29, 1.82) is 0 Å². The highest BCUT2D eigenvalue weighted by atomic mass is 16.5. The van der Waals surface area contributed by atoms with E-state index in [-0.39, 0.29) is 11.9 Å². The Labute approximate surface area is 317 Å². The van der Waals surface area contributed by atoms with Crippen molar-refractivity contribution in [3.05, 3.63) is 0 Å². The lowest BCUT2D eigenvalue weighted by Crippen LogP contribution is -2.22. The van der Waals surface area contributed by atoms with Crippen LogP contribution in [0.15, 0.2) is 0 Å². The molecular weight excluding hydrogens is 609 g/mol. The maximum absolute atomic E-state index is 13.4. The van der Waals surface area contributed by atoms with Crippen LogP contribution in [0.25, 0.3) is 0 Å². The summed E-state index contributed by atoms with van der Waals surface area (Å²) in [5.74, 6) is 0.830. The lowest BCUT2D eigenvalue weighted by Gasteiger charge is -2.21. The molecule has 2 heteroatoms. The van der Waals surface area contributed by atoms with E-state index in [1.54, 1.807) is 0 Å². The number of hydrogen-bond donors (Lipinski definition) is 0. The Kier molecular flexibility index (Phi) is 42.4. The topological polar surface area (TPSA) is 26.3 Å². The minimum absolute atomic E-state index is 0.131. The van der Waals surface area contributed by atoms with Crippen molar-refractivity contribution >= 4 is 5.97 Å². The number of carbonyl (C=O) groups is 1. The second-order valence-electron chi connectivity index (χ2n) is 16.7. The molecule has 50 heavy (non-hydrogen) atoms. The number of carbonyl (C=O) groups excluding carboxylic acids is 1. The van der Waals surface area contributed by atoms with Crippen LogP contribution in [0.4, 0.5) is 0 Å². The number of unbranched alkanes of at least 4 members (excludes halogenated alkanes) is 32. The Balaban J connectivity index is 4.53. The van der Waals surface area contributed by atoms with Crippen molar-refractivity contribution in [1.82, 2.24) is 0 Å². The van der Waals surface area contributed by atoms with Gasteiger partial charge in [-0.05, 0) is 31.6 Å². The monoisotopic (exact) mass is 705 g/mol. The predicted octanol–water partition coefficient (Wildman–Crippen LogP) is 17.4. The van der Waals surface area contributed by atoms with Gasteiger partial charge in [-0.25, -0.2) is 0 Å². The highest BCUT2D eigenvalue weighted by Crippen LogP contribution is 2.24. The van der Waals surface area contributed by atoms with E-state index in [2.05, 4.69) is 27.7 Å². The molecule has 0 aromatic heterocycles. The quantitative estimate of drug-likeness (QED) is 0.0466. The molecule has 0 aliphatic carbocycles. The molecule has 2 unspecified atom stereocenters.